The Kier molecular flexibility index (Phi) is 20.3. The van der Waals surface area contributed by atoms with Crippen molar-refractivity contribution in [3.05, 3.63) is 102 Å². The number of carbonyl (C=O) groups excluding carboxylic acids is 8. The number of morpholine rings is 1. The largest absolute Gasteiger partial charge is 0.445 e. The number of amides is 9. The fourth-order valence-corrected chi connectivity index (χ4v) is 7.93. The molecule has 9 amide bonds. The third-order valence-electron chi connectivity index (χ3n) is 12.0. The molecule has 4 aromatic rings. The molecule has 2 aliphatic heterocycles. The molecule has 0 bridgehead atoms. The lowest BCUT2D eigenvalue weighted by atomic mass is 10.0. The number of nitrogens with two attached hydrogens (primary N) is 2. The van der Waals surface area contributed by atoms with Crippen LogP contribution in [0.4, 0.5) is 32.5 Å². The summed E-state index contributed by atoms with van der Waals surface area (Å²) in [6, 6.07) is 13.1. The summed E-state index contributed by atoms with van der Waals surface area (Å²) in [5, 5.41) is 16.4. The fourth-order valence-electron chi connectivity index (χ4n) is 7.93. The smallest absolute Gasteiger partial charge is 0.407 e. The van der Waals surface area contributed by atoms with Crippen molar-refractivity contribution in [2.24, 2.45) is 11.7 Å². The summed E-state index contributed by atoms with van der Waals surface area (Å²) in [5.41, 5.74) is 15.7. The van der Waals surface area contributed by atoms with Crippen LogP contribution in [0.3, 0.4) is 0 Å². The molecule has 6 rings (SSSR count). The number of ether oxygens (including phenoxy) is 2. The summed E-state index contributed by atoms with van der Waals surface area (Å²) < 4.78 is 10.9. The number of aromatic nitrogens is 3. The Balaban J connectivity index is 0.932. The lowest BCUT2D eigenvalue weighted by Gasteiger charge is -2.30. The van der Waals surface area contributed by atoms with E-state index in [0.717, 1.165) is 16.2 Å². The van der Waals surface area contributed by atoms with Crippen molar-refractivity contribution in [2.45, 2.75) is 77.5 Å². The molecule has 74 heavy (non-hydrogen) atoms. The van der Waals surface area contributed by atoms with E-state index in [1.165, 1.54) is 18.3 Å². The minimum absolute atomic E-state index is 0.0198. The Bertz CT molecular complexity index is 2640. The van der Waals surface area contributed by atoms with E-state index < -0.39 is 41.9 Å². The minimum Gasteiger partial charge on any atom is -0.445 e. The fraction of sp³-hybridized carbons (Fsp3) is 0.392. The van der Waals surface area contributed by atoms with Crippen LogP contribution < -0.4 is 48.3 Å². The molecule has 10 N–H and O–H groups in total. The van der Waals surface area contributed by atoms with Gasteiger partial charge >= 0.3 is 12.1 Å². The van der Waals surface area contributed by atoms with Gasteiger partial charge in [0.25, 0.3) is 17.7 Å². The van der Waals surface area contributed by atoms with Crippen molar-refractivity contribution >= 4 is 70.4 Å². The second-order valence-electron chi connectivity index (χ2n) is 17.8. The molecule has 0 spiro atoms. The molecule has 1 unspecified atom stereocenters. The SMILES string of the molecule is CC(C)C(NC(=O)CCCCCN1C(=O)C=CC1=O)C(=O)N[C@@H](CCCNC(N)=O)C(=O)Nc1ccc(COC(=O)NCCc2ccc(-c3cnc(N)c(C(=O)Nc4cnccc4N4CCOCC4)n3)cc2)cc1. The first kappa shape index (κ1) is 54.9. The highest BCUT2D eigenvalue weighted by Gasteiger charge is 2.29. The average molecular weight is 1020 g/mol. The third kappa shape index (κ3) is 16.5. The summed E-state index contributed by atoms with van der Waals surface area (Å²) in [6.07, 6.45) is 9.16. The molecule has 2 aliphatic rings. The van der Waals surface area contributed by atoms with Crippen LogP contribution in [0.25, 0.3) is 11.3 Å². The number of alkyl carbamates (subject to hydrolysis) is 1. The van der Waals surface area contributed by atoms with Crippen LogP contribution in [0.1, 0.15) is 74.0 Å². The molecule has 0 radical (unpaired) electrons. The molecule has 2 aromatic carbocycles. The van der Waals surface area contributed by atoms with Crippen molar-refractivity contribution in [3.8, 4) is 11.3 Å². The normalized spacial score (nSPS) is 14.0. The van der Waals surface area contributed by atoms with Crippen LogP contribution in [-0.2, 0) is 46.5 Å². The lowest BCUT2D eigenvalue weighted by Crippen LogP contribution is -2.54. The molecule has 23 heteroatoms. The number of anilines is 4. The van der Waals surface area contributed by atoms with Crippen LogP contribution >= 0.6 is 0 Å². The summed E-state index contributed by atoms with van der Waals surface area (Å²) in [5.74, 6) is -3.06. The van der Waals surface area contributed by atoms with Gasteiger partial charge in [-0.25, -0.2) is 19.6 Å². The van der Waals surface area contributed by atoms with E-state index in [1.54, 1.807) is 50.5 Å². The zero-order valence-electron chi connectivity index (χ0n) is 41.4. The maximum absolute atomic E-state index is 13.6. The Labute approximate surface area is 428 Å². The molecule has 0 saturated carbocycles. The van der Waals surface area contributed by atoms with Gasteiger partial charge in [0.15, 0.2) is 11.5 Å². The molecule has 1 saturated heterocycles. The number of nitrogens with one attached hydrogen (secondary N) is 6. The zero-order valence-corrected chi connectivity index (χ0v) is 41.4. The number of nitrogens with zero attached hydrogens (tertiary/aromatic N) is 5. The molecule has 0 aliphatic carbocycles. The number of unbranched alkanes of at least 4 members (excludes halogenated alkanes) is 2. The topological polar surface area (TPSA) is 324 Å². The minimum atomic E-state index is -1.05. The summed E-state index contributed by atoms with van der Waals surface area (Å²) in [6.45, 7) is 6.67. The molecule has 1 fully saturated rings. The van der Waals surface area contributed by atoms with Crippen LogP contribution in [-0.4, -0.2) is 125 Å². The Hall–Kier alpha value is -8.47. The van der Waals surface area contributed by atoms with Crippen molar-refractivity contribution in [1.82, 2.24) is 41.1 Å². The molecule has 2 atom stereocenters. The van der Waals surface area contributed by atoms with E-state index >= 15 is 0 Å². The summed E-state index contributed by atoms with van der Waals surface area (Å²) >= 11 is 0. The van der Waals surface area contributed by atoms with E-state index in [9.17, 15) is 38.4 Å². The molecule has 23 nitrogen and oxygen atoms in total. The number of hydrogen-bond acceptors (Lipinski definition) is 15. The van der Waals surface area contributed by atoms with Gasteiger partial charge in [-0.05, 0) is 67.3 Å². The van der Waals surface area contributed by atoms with Crippen molar-refractivity contribution in [3.63, 3.8) is 0 Å². The van der Waals surface area contributed by atoms with E-state index in [2.05, 4.69) is 51.8 Å². The highest BCUT2D eigenvalue weighted by atomic mass is 16.5. The summed E-state index contributed by atoms with van der Waals surface area (Å²) in [4.78, 5) is 117. The van der Waals surface area contributed by atoms with E-state index in [0.29, 0.717) is 86.6 Å². The predicted octanol–water partition coefficient (Wildman–Crippen LogP) is 3.18. The number of carbonyl (C=O) groups is 8. The second-order valence-corrected chi connectivity index (χ2v) is 17.8. The molecule has 392 valence electrons. The number of primary amides is 1. The van der Waals surface area contributed by atoms with E-state index in [1.807, 2.05) is 30.3 Å². The molecule has 4 heterocycles. The van der Waals surface area contributed by atoms with Gasteiger partial charge in [-0.2, -0.15) is 0 Å². The van der Waals surface area contributed by atoms with Crippen LogP contribution in [0, 0.1) is 5.92 Å². The maximum atomic E-state index is 13.6. The number of nitrogen functional groups attached to an aromatic ring is 1. The predicted molar refractivity (Wildman–Crippen MR) is 274 cm³/mol. The monoisotopic (exact) mass is 1020 g/mol. The molecular weight excluding hydrogens is 955 g/mol. The average Bonchev–Trinajstić information content (AvgIpc) is 3.71. The summed E-state index contributed by atoms with van der Waals surface area (Å²) in [7, 11) is 0. The maximum Gasteiger partial charge on any atom is 0.407 e. The Morgan fingerprint density at radius 1 is 0.797 bits per heavy atom. The first-order valence-corrected chi connectivity index (χ1v) is 24.4. The number of hydrogen-bond donors (Lipinski definition) is 8. The van der Waals surface area contributed by atoms with Gasteiger partial charge < -0.3 is 57.7 Å². The number of benzene rings is 2. The first-order valence-electron chi connectivity index (χ1n) is 24.4. The van der Waals surface area contributed by atoms with Gasteiger partial charge in [-0.15, -0.1) is 0 Å². The van der Waals surface area contributed by atoms with Gasteiger partial charge in [0.2, 0.25) is 17.7 Å². The second kappa shape index (κ2) is 27.4. The standard InChI is InChI=1S/C51H63N13O10/c1-32(2)44(62-41(65)8-4-3-5-24-64-42(66)17-18-43(64)67)48(69)60-37(7-6-21-55-50(53)71)47(68)58-36-15-11-34(12-16-36)31-74-51(72)56-23-19-33-9-13-35(14-10-33)38-30-57-46(52)45(59-38)49(70)61-39-29-54-22-20-40(39)63-25-27-73-28-26-63/h9-18,20,22,29-30,32,37,44H,3-8,19,21,23-28,31H2,1-2H3,(H2,52,57)(H,56,72)(H,58,68)(H,60,69)(H,61,70)(H,62,65)(H3,53,55,71)/t37-,44?/m0/s1. The first-order chi connectivity index (χ1) is 35.6. The number of pyridine rings is 1. The Morgan fingerprint density at radius 2 is 1.51 bits per heavy atom. The van der Waals surface area contributed by atoms with Crippen molar-refractivity contribution < 1.29 is 47.8 Å². The van der Waals surface area contributed by atoms with Crippen LogP contribution in [0.15, 0.2) is 85.3 Å². The number of urea groups is 1. The molecule has 2 aromatic heterocycles. The van der Waals surface area contributed by atoms with Gasteiger partial charge in [-0.1, -0.05) is 56.7 Å². The van der Waals surface area contributed by atoms with Gasteiger partial charge in [-0.3, -0.25) is 38.7 Å². The highest BCUT2D eigenvalue weighted by Crippen LogP contribution is 2.27. The van der Waals surface area contributed by atoms with Gasteiger partial charge in [0, 0.05) is 68.7 Å². The number of imide groups is 1. The van der Waals surface area contributed by atoms with Crippen molar-refractivity contribution in [1.29, 1.82) is 0 Å². The van der Waals surface area contributed by atoms with Gasteiger partial charge in [0.1, 0.15) is 18.7 Å². The quantitative estimate of drug-likeness (QED) is 0.0349. The van der Waals surface area contributed by atoms with E-state index in [4.69, 9.17) is 20.9 Å². The van der Waals surface area contributed by atoms with Crippen molar-refractivity contribution in [2.75, 3.05) is 67.2 Å². The van der Waals surface area contributed by atoms with Crippen LogP contribution in [0.2, 0.25) is 0 Å². The highest BCUT2D eigenvalue weighted by molar-refractivity contribution is 6.13. The Morgan fingerprint density at radius 3 is 2.22 bits per heavy atom. The third-order valence-corrected chi connectivity index (χ3v) is 12.0. The number of rotatable bonds is 25. The lowest BCUT2D eigenvalue weighted by molar-refractivity contribution is -0.137. The van der Waals surface area contributed by atoms with Gasteiger partial charge in [0.05, 0.1) is 42.7 Å². The molecular formula is C51H63N13O10. The van der Waals surface area contributed by atoms with Crippen LogP contribution in [0.5, 0.6) is 0 Å². The van der Waals surface area contributed by atoms with E-state index in [-0.39, 0.29) is 74.2 Å². The zero-order chi connectivity index (χ0) is 53.0.